The fraction of sp³-hybridized carbons (Fsp3) is 0.0588. The quantitative estimate of drug-likeness (QED) is 0.130. The monoisotopic (exact) mass is 911 g/mol. The van der Waals surface area contributed by atoms with Gasteiger partial charge in [-0.3, -0.25) is 0 Å². The van der Waals surface area contributed by atoms with E-state index in [2.05, 4.69) is 280 Å². The third-order valence-electron chi connectivity index (χ3n) is 15.0. The third kappa shape index (κ3) is 6.59. The summed E-state index contributed by atoms with van der Waals surface area (Å²) < 4.78 is 2.65. The van der Waals surface area contributed by atoms with E-state index >= 15 is 0 Å². The van der Waals surface area contributed by atoms with Crippen LogP contribution in [0.2, 0.25) is 0 Å². The molecule has 0 unspecified atom stereocenters. The molecule has 11 aromatic carbocycles. The molecule has 0 atom stereocenters. The molecule has 12 aromatic rings. The second-order valence-corrected chi connectivity index (χ2v) is 20.2. The van der Waals surface area contributed by atoms with Gasteiger partial charge >= 0.3 is 0 Å². The molecule has 0 spiro atoms. The summed E-state index contributed by atoms with van der Waals surface area (Å²) in [6, 6.07) is 96.8. The van der Waals surface area contributed by atoms with Gasteiger partial charge in [0.25, 0.3) is 0 Å². The van der Waals surface area contributed by atoms with Crippen molar-refractivity contribution >= 4 is 59.3 Å². The summed E-state index contributed by atoms with van der Waals surface area (Å²) in [5.41, 5.74) is 17.7. The molecule has 0 aliphatic heterocycles. The average molecular weight is 912 g/mol. The maximum atomic E-state index is 2.51. The van der Waals surface area contributed by atoms with Gasteiger partial charge in [-0.05, 0) is 108 Å². The summed E-state index contributed by atoms with van der Waals surface area (Å²) in [5, 5.41) is 5.05. The van der Waals surface area contributed by atoms with Crippen molar-refractivity contribution in [3.8, 4) is 33.4 Å². The van der Waals surface area contributed by atoms with Crippen LogP contribution in [0, 0.1) is 0 Å². The fourth-order valence-corrected chi connectivity index (χ4v) is 13.0. The van der Waals surface area contributed by atoms with E-state index in [0.717, 1.165) is 17.1 Å². The predicted octanol–water partition coefficient (Wildman–Crippen LogP) is 18.7. The molecule has 2 heteroatoms. The van der Waals surface area contributed by atoms with Crippen molar-refractivity contribution < 1.29 is 0 Å². The van der Waals surface area contributed by atoms with E-state index in [1.165, 1.54) is 97.7 Å². The molecule has 0 saturated heterocycles. The van der Waals surface area contributed by atoms with Crippen LogP contribution in [0.15, 0.2) is 261 Å². The van der Waals surface area contributed by atoms with Gasteiger partial charge in [0.15, 0.2) is 0 Å². The van der Waals surface area contributed by atoms with Crippen LogP contribution in [0.1, 0.15) is 47.2 Å². The maximum Gasteiger partial charge on any atom is 0.0701 e. The summed E-state index contributed by atoms with van der Waals surface area (Å²) >= 11 is 1.88. The summed E-state index contributed by atoms with van der Waals surface area (Å²) in [6.07, 6.45) is 0. The molecular formula is C68H49NS. The van der Waals surface area contributed by atoms with Crippen molar-refractivity contribution in [2.24, 2.45) is 0 Å². The zero-order chi connectivity index (χ0) is 46.8. The topological polar surface area (TPSA) is 3.24 Å². The first kappa shape index (κ1) is 41.9. The van der Waals surface area contributed by atoms with Gasteiger partial charge < -0.3 is 4.90 Å². The Kier molecular flexibility index (Phi) is 10.0. The summed E-state index contributed by atoms with van der Waals surface area (Å²) in [5.74, 6) is 0. The minimum absolute atomic E-state index is 0.169. The Morgan fingerprint density at radius 2 is 0.900 bits per heavy atom. The number of thiophene rings is 1. The maximum absolute atomic E-state index is 2.51. The van der Waals surface area contributed by atoms with Crippen LogP contribution in [0.4, 0.5) is 17.1 Å². The molecule has 1 nitrogen and oxygen atoms in total. The van der Waals surface area contributed by atoms with Crippen molar-refractivity contribution in [1.82, 2.24) is 0 Å². The minimum Gasteiger partial charge on any atom is -0.310 e. The molecular weight excluding hydrogens is 863 g/mol. The molecule has 0 radical (unpaired) electrons. The van der Waals surface area contributed by atoms with Crippen LogP contribution < -0.4 is 4.90 Å². The lowest BCUT2D eigenvalue weighted by Crippen LogP contribution is -2.31. The molecule has 13 rings (SSSR count). The van der Waals surface area contributed by atoms with E-state index in [1.54, 1.807) is 0 Å². The molecule has 1 heterocycles. The first-order valence-corrected chi connectivity index (χ1v) is 25.1. The number of anilines is 3. The lowest BCUT2D eigenvalue weighted by molar-refractivity contribution is 0.660. The number of hydrogen-bond acceptors (Lipinski definition) is 2. The molecule has 1 aliphatic carbocycles. The number of fused-ring (bicyclic) bond motifs is 7. The highest BCUT2D eigenvalue weighted by atomic mass is 32.1. The van der Waals surface area contributed by atoms with E-state index in [0.29, 0.717) is 0 Å². The first-order chi connectivity index (χ1) is 34.5. The van der Waals surface area contributed by atoms with Gasteiger partial charge in [-0.2, -0.15) is 0 Å². The largest absolute Gasteiger partial charge is 0.310 e. The Morgan fingerprint density at radius 3 is 1.60 bits per heavy atom. The van der Waals surface area contributed by atoms with E-state index in [1.807, 2.05) is 11.3 Å². The summed E-state index contributed by atoms with van der Waals surface area (Å²) in [6.45, 7) is 4.75. The Balaban J connectivity index is 1.02. The van der Waals surface area contributed by atoms with Crippen LogP contribution in [0.3, 0.4) is 0 Å². The molecule has 0 amide bonds. The molecule has 0 bridgehead atoms. The number of hydrogen-bond donors (Lipinski definition) is 0. The van der Waals surface area contributed by atoms with Gasteiger partial charge in [0.2, 0.25) is 0 Å². The molecule has 1 aliphatic rings. The highest BCUT2D eigenvalue weighted by molar-refractivity contribution is 7.26. The molecule has 0 N–H and O–H groups in total. The Labute approximate surface area is 414 Å². The van der Waals surface area contributed by atoms with Crippen LogP contribution in [0.25, 0.3) is 64.3 Å². The predicted molar refractivity (Wildman–Crippen MR) is 298 cm³/mol. The van der Waals surface area contributed by atoms with Gasteiger partial charge in [0.1, 0.15) is 0 Å². The fourth-order valence-electron chi connectivity index (χ4n) is 11.7. The second-order valence-electron chi connectivity index (χ2n) is 19.2. The highest BCUT2D eigenvalue weighted by Gasteiger charge is 2.39. The van der Waals surface area contributed by atoms with Crippen LogP contribution in [-0.4, -0.2) is 0 Å². The van der Waals surface area contributed by atoms with E-state index < -0.39 is 5.41 Å². The van der Waals surface area contributed by atoms with Gasteiger partial charge in [-0.1, -0.05) is 238 Å². The normalized spacial score (nSPS) is 12.8. The number of nitrogens with zero attached hydrogens (tertiary/aromatic N) is 1. The van der Waals surface area contributed by atoms with Gasteiger partial charge in [-0.15, -0.1) is 11.3 Å². The van der Waals surface area contributed by atoms with Crippen molar-refractivity contribution in [3.05, 3.63) is 294 Å². The van der Waals surface area contributed by atoms with Crippen molar-refractivity contribution in [1.29, 1.82) is 0 Å². The van der Waals surface area contributed by atoms with Crippen molar-refractivity contribution in [3.63, 3.8) is 0 Å². The molecule has 332 valence electrons. The molecule has 0 saturated carbocycles. The molecule has 1 aromatic heterocycles. The first-order valence-electron chi connectivity index (χ1n) is 24.3. The minimum atomic E-state index is -0.563. The van der Waals surface area contributed by atoms with Gasteiger partial charge in [0, 0.05) is 42.5 Å². The number of rotatable bonds is 9. The number of benzene rings is 11. The van der Waals surface area contributed by atoms with Gasteiger partial charge in [-0.25, -0.2) is 0 Å². The van der Waals surface area contributed by atoms with Crippen LogP contribution in [-0.2, 0) is 10.8 Å². The van der Waals surface area contributed by atoms with Crippen LogP contribution in [0.5, 0.6) is 0 Å². The molecule has 70 heavy (non-hydrogen) atoms. The second kappa shape index (κ2) is 16.7. The zero-order valence-electron chi connectivity index (χ0n) is 39.2. The summed E-state index contributed by atoms with van der Waals surface area (Å²) in [7, 11) is 0. The van der Waals surface area contributed by atoms with Crippen LogP contribution >= 0.6 is 11.3 Å². The van der Waals surface area contributed by atoms with Gasteiger partial charge in [0.05, 0.1) is 11.1 Å². The third-order valence-corrected chi connectivity index (χ3v) is 16.3. The summed E-state index contributed by atoms with van der Waals surface area (Å²) in [4.78, 5) is 2.51. The SMILES string of the molecule is CC1(C)c2ccccc2-c2ccc(N(c3ccc(C(c4ccccc4)(c4ccccc4)c4ccccc4)cc3)c3ccc4ccccc4c3-c3ccc(-c4cccc5c4sc4ccccc45)cc3)cc21. The van der Waals surface area contributed by atoms with E-state index in [4.69, 9.17) is 0 Å². The standard InChI is InChI=1S/C68H49NS/c1-67(2)61-31-16-14-27-57(61)58-43-42-54(45-62(58)67)69(53-40-38-52(39-41-53)68(49-20-6-3-7-21-49,50-22-8-4-9-23-50)51-24-10-5-11-25-51)63-44-37-46-19-12-13-26-55(46)65(63)48-35-33-47(34-36-48)56-29-18-30-60-59-28-15-17-32-64(59)70-66(56)60/h3-45H,1-2H3. The average Bonchev–Trinajstić information content (AvgIpc) is 3.92. The van der Waals surface area contributed by atoms with Crippen molar-refractivity contribution in [2.45, 2.75) is 24.7 Å². The Morgan fingerprint density at radius 1 is 0.371 bits per heavy atom. The van der Waals surface area contributed by atoms with E-state index in [9.17, 15) is 0 Å². The molecule has 0 fully saturated rings. The smallest absolute Gasteiger partial charge is 0.0701 e. The lowest BCUT2D eigenvalue weighted by Gasteiger charge is -2.37. The Hall–Kier alpha value is -8.30. The Bertz CT molecular complexity index is 3790. The lowest BCUT2D eigenvalue weighted by atomic mass is 9.65. The zero-order valence-corrected chi connectivity index (χ0v) is 40.0. The van der Waals surface area contributed by atoms with Crippen molar-refractivity contribution in [2.75, 3.05) is 4.90 Å². The van der Waals surface area contributed by atoms with E-state index in [-0.39, 0.29) is 5.41 Å². The highest BCUT2D eigenvalue weighted by Crippen LogP contribution is 2.53.